The first-order valence-electron chi connectivity index (χ1n) is 10.4. The molecule has 0 radical (unpaired) electrons. The number of ether oxygens (including phenoxy) is 1. The van der Waals surface area contributed by atoms with Gasteiger partial charge in [0.2, 0.25) is 5.91 Å². The van der Waals surface area contributed by atoms with Crippen molar-refractivity contribution >= 4 is 34.1 Å². The molecule has 1 aromatic heterocycles. The van der Waals surface area contributed by atoms with Gasteiger partial charge in [-0.2, -0.15) is 0 Å². The number of nitrogens with zero attached hydrogens (tertiary/aromatic N) is 1. The highest BCUT2D eigenvalue weighted by Gasteiger charge is 2.33. The van der Waals surface area contributed by atoms with Gasteiger partial charge >= 0.3 is 0 Å². The maximum atomic E-state index is 13.1. The minimum Gasteiger partial charge on any atom is -0.494 e. The van der Waals surface area contributed by atoms with Crippen molar-refractivity contribution in [2.75, 3.05) is 18.2 Å². The number of aromatic nitrogens is 1. The second-order valence-corrected chi connectivity index (χ2v) is 8.72. The Bertz CT molecular complexity index is 1360. The summed E-state index contributed by atoms with van der Waals surface area (Å²) in [6.45, 7) is 0. The topological polar surface area (TPSA) is 60.3 Å². The molecule has 1 amide bonds. The van der Waals surface area contributed by atoms with E-state index in [1.807, 2.05) is 48.5 Å². The van der Waals surface area contributed by atoms with E-state index in [2.05, 4.69) is 29.6 Å². The lowest BCUT2D eigenvalue weighted by Gasteiger charge is -2.17. The van der Waals surface area contributed by atoms with E-state index in [4.69, 9.17) is 4.74 Å². The standard InChI is InChI=1S/C26H22N2O3S/c1-31-24-19(14-18-10-7-9-17-8-5-6-13-21(17)18)15-23(29)28-22(16-32-26(24)28)25(30)27-20-11-3-2-4-12-20/h2-13,15,22H,14,16H2,1H3,(H,27,30). The monoisotopic (exact) mass is 442 g/mol. The molecular weight excluding hydrogens is 420 g/mol. The number of hydrogen-bond donors (Lipinski definition) is 1. The fraction of sp³-hybridized carbons (Fsp3) is 0.154. The van der Waals surface area contributed by atoms with Crippen LogP contribution in [0.15, 0.2) is 88.7 Å². The van der Waals surface area contributed by atoms with Crippen molar-refractivity contribution in [3.8, 4) is 5.75 Å². The molecule has 3 aromatic carbocycles. The third-order valence-corrected chi connectivity index (χ3v) is 6.88. The number of carbonyl (C=O) groups excluding carboxylic acids is 1. The summed E-state index contributed by atoms with van der Waals surface area (Å²) in [6.07, 6.45) is 0.578. The summed E-state index contributed by atoms with van der Waals surface area (Å²) in [6, 6.07) is 24.7. The first-order valence-corrected chi connectivity index (χ1v) is 11.4. The number of nitrogens with one attached hydrogen (secondary N) is 1. The molecule has 0 spiro atoms. The molecule has 4 aromatic rings. The predicted molar refractivity (Wildman–Crippen MR) is 129 cm³/mol. The van der Waals surface area contributed by atoms with Crippen molar-refractivity contribution < 1.29 is 9.53 Å². The molecule has 0 saturated carbocycles. The Kier molecular flexibility index (Phi) is 5.45. The van der Waals surface area contributed by atoms with E-state index >= 15 is 0 Å². The number of thioether (sulfide) groups is 1. The first-order chi connectivity index (χ1) is 15.7. The third-order valence-electron chi connectivity index (χ3n) is 5.74. The van der Waals surface area contributed by atoms with Crippen LogP contribution in [-0.4, -0.2) is 23.3 Å². The van der Waals surface area contributed by atoms with Gasteiger partial charge in [0.25, 0.3) is 5.56 Å². The fourth-order valence-electron chi connectivity index (χ4n) is 4.24. The molecule has 0 saturated heterocycles. The highest BCUT2D eigenvalue weighted by atomic mass is 32.2. The summed E-state index contributed by atoms with van der Waals surface area (Å²) in [7, 11) is 1.62. The van der Waals surface area contributed by atoms with Crippen LogP contribution in [0.3, 0.4) is 0 Å². The molecule has 5 rings (SSSR count). The molecule has 1 atom stereocenters. The van der Waals surface area contributed by atoms with Gasteiger partial charge < -0.3 is 10.1 Å². The molecule has 1 N–H and O–H groups in total. The quantitative estimate of drug-likeness (QED) is 0.478. The van der Waals surface area contributed by atoms with Crippen molar-refractivity contribution in [3.05, 3.63) is 100 Å². The SMILES string of the molecule is COc1c(Cc2cccc3ccccc23)cc(=O)n2c1SCC2C(=O)Nc1ccccc1. The number of hydrogen-bond acceptors (Lipinski definition) is 4. The molecule has 6 heteroatoms. The van der Waals surface area contributed by atoms with E-state index in [0.717, 1.165) is 21.9 Å². The number of rotatable bonds is 5. The van der Waals surface area contributed by atoms with Crippen LogP contribution in [-0.2, 0) is 11.2 Å². The molecule has 1 aliphatic rings. The van der Waals surface area contributed by atoms with Gasteiger partial charge in [-0.15, -0.1) is 11.8 Å². The van der Waals surface area contributed by atoms with Crippen LogP contribution in [0.4, 0.5) is 5.69 Å². The van der Waals surface area contributed by atoms with Gasteiger partial charge in [-0.05, 0) is 28.5 Å². The summed E-state index contributed by atoms with van der Waals surface area (Å²) in [4.78, 5) is 26.1. The lowest BCUT2D eigenvalue weighted by atomic mass is 9.98. The van der Waals surface area contributed by atoms with E-state index in [1.54, 1.807) is 17.7 Å². The number of methoxy groups -OCH3 is 1. The maximum absolute atomic E-state index is 13.1. The van der Waals surface area contributed by atoms with E-state index in [9.17, 15) is 9.59 Å². The molecule has 5 nitrogen and oxygen atoms in total. The Morgan fingerprint density at radius 1 is 1.03 bits per heavy atom. The number of carbonyl (C=O) groups is 1. The van der Waals surface area contributed by atoms with Gasteiger partial charge in [0, 0.05) is 29.5 Å². The second kappa shape index (κ2) is 8.55. The van der Waals surface area contributed by atoms with Crippen molar-refractivity contribution in [2.45, 2.75) is 17.5 Å². The lowest BCUT2D eigenvalue weighted by molar-refractivity contribution is -0.118. The number of para-hydroxylation sites is 1. The Labute approximate surface area is 190 Å². The molecule has 1 aliphatic heterocycles. The summed E-state index contributed by atoms with van der Waals surface area (Å²) in [5.41, 5.74) is 2.49. The Morgan fingerprint density at radius 3 is 2.59 bits per heavy atom. The highest BCUT2D eigenvalue weighted by molar-refractivity contribution is 7.99. The van der Waals surface area contributed by atoms with E-state index in [0.29, 0.717) is 28.6 Å². The van der Waals surface area contributed by atoms with Crippen molar-refractivity contribution in [1.29, 1.82) is 0 Å². The second-order valence-electron chi connectivity index (χ2n) is 7.71. The maximum Gasteiger partial charge on any atom is 0.252 e. The minimum atomic E-state index is -0.580. The molecule has 0 fully saturated rings. The normalized spacial score (nSPS) is 14.8. The Hall–Kier alpha value is -3.51. The van der Waals surface area contributed by atoms with E-state index < -0.39 is 6.04 Å². The number of pyridine rings is 1. The van der Waals surface area contributed by atoms with Crippen LogP contribution < -0.4 is 15.6 Å². The smallest absolute Gasteiger partial charge is 0.252 e. The molecule has 160 valence electrons. The van der Waals surface area contributed by atoms with Gasteiger partial charge in [-0.3, -0.25) is 14.2 Å². The molecular formula is C26H22N2O3S. The molecule has 1 unspecified atom stereocenters. The highest BCUT2D eigenvalue weighted by Crippen LogP contribution is 2.41. The van der Waals surface area contributed by atoms with Gasteiger partial charge in [0.15, 0.2) is 5.75 Å². The van der Waals surface area contributed by atoms with Gasteiger partial charge in [0.1, 0.15) is 11.1 Å². The van der Waals surface area contributed by atoms with Crippen LogP contribution in [0, 0.1) is 0 Å². The predicted octanol–water partition coefficient (Wildman–Crippen LogP) is 4.89. The van der Waals surface area contributed by atoms with E-state index in [-0.39, 0.29) is 11.5 Å². The van der Waals surface area contributed by atoms with Crippen molar-refractivity contribution in [2.24, 2.45) is 0 Å². The molecule has 0 bridgehead atoms. The average molecular weight is 443 g/mol. The minimum absolute atomic E-state index is 0.186. The summed E-state index contributed by atoms with van der Waals surface area (Å²) < 4.78 is 7.33. The molecule has 32 heavy (non-hydrogen) atoms. The van der Waals surface area contributed by atoms with Crippen LogP contribution >= 0.6 is 11.8 Å². The van der Waals surface area contributed by atoms with E-state index in [1.165, 1.54) is 11.8 Å². The van der Waals surface area contributed by atoms with Crippen molar-refractivity contribution in [3.63, 3.8) is 0 Å². The fourth-order valence-corrected chi connectivity index (χ4v) is 5.55. The Morgan fingerprint density at radius 2 is 1.78 bits per heavy atom. The number of amides is 1. The molecule has 0 aliphatic carbocycles. The summed E-state index contributed by atoms with van der Waals surface area (Å²) in [5.74, 6) is 0.952. The number of anilines is 1. The van der Waals surface area contributed by atoms with Gasteiger partial charge in [0.05, 0.1) is 7.11 Å². The van der Waals surface area contributed by atoms with Crippen LogP contribution in [0.2, 0.25) is 0 Å². The first kappa shape index (κ1) is 20.4. The van der Waals surface area contributed by atoms with Crippen LogP contribution in [0.1, 0.15) is 17.2 Å². The number of benzene rings is 3. The number of fused-ring (bicyclic) bond motifs is 2. The average Bonchev–Trinajstić information content (AvgIpc) is 3.26. The zero-order chi connectivity index (χ0) is 22.1. The largest absolute Gasteiger partial charge is 0.494 e. The summed E-state index contributed by atoms with van der Waals surface area (Å²) in [5, 5.41) is 5.94. The lowest BCUT2D eigenvalue weighted by Crippen LogP contribution is -2.32. The zero-order valence-electron chi connectivity index (χ0n) is 17.6. The molecule has 2 heterocycles. The van der Waals surface area contributed by atoms with Gasteiger partial charge in [-0.1, -0.05) is 60.7 Å². The summed E-state index contributed by atoms with van der Waals surface area (Å²) >= 11 is 1.49. The third kappa shape index (κ3) is 3.67. The van der Waals surface area contributed by atoms with Gasteiger partial charge in [-0.25, -0.2) is 0 Å². The Balaban J connectivity index is 1.51. The zero-order valence-corrected chi connectivity index (χ0v) is 18.4. The van der Waals surface area contributed by atoms with Crippen LogP contribution in [0.25, 0.3) is 10.8 Å². The van der Waals surface area contributed by atoms with Crippen molar-refractivity contribution in [1.82, 2.24) is 4.57 Å². The van der Waals surface area contributed by atoms with Crippen LogP contribution in [0.5, 0.6) is 5.75 Å².